The van der Waals surface area contributed by atoms with E-state index in [0.29, 0.717) is 18.5 Å². The second-order valence-corrected chi connectivity index (χ2v) is 5.20. The number of carbonyl (C=O) groups excluding carboxylic acids is 2. The van der Waals surface area contributed by atoms with Crippen molar-refractivity contribution in [1.29, 1.82) is 0 Å². The molecular formula is C16H18N4O5. The van der Waals surface area contributed by atoms with Crippen molar-refractivity contribution >= 4 is 24.0 Å². The number of carboxylic acid groups (broad SMARTS) is 1. The average Bonchev–Trinajstić information content (AvgIpc) is 3.15. The molecule has 1 aromatic carbocycles. The molecular weight excluding hydrogens is 328 g/mol. The molecule has 0 aliphatic rings. The molecule has 0 spiro atoms. The van der Waals surface area contributed by atoms with Crippen LogP contribution >= 0.6 is 0 Å². The minimum absolute atomic E-state index is 0.0955. The van der Waals surface area contributed by atoms with Crippen LogP contribution in [-0.2, 0) is 19.1 Å². The molecule has 0 aliphatic carbocycles. The standard InChI is InChI=1S/C16H18N4O5/c1-25-15(22)4-2-3-14(16(23)24)19(11-21)12-5-7-13(8-6-12)20-10-9-17-18-20/h5-11,14H,2-4H2,1H3,(H,23,24)/t14-/m0/s1. The number of anilines is 1. The van der Waals surface area contributed by atoms with E-state index in [2.05, 4.69) is 15.0 Å². The quantitative estimate of drug-likeness (QED) is 0.532. The number of hydrogen-bond acceptors (Lipinski definition) is 6. The zero-order chi connectivity index (χ0) is 18.2. The van der Waals surface area contributed by atoms with Crippen molar-refractivity contribution in [2.24, 2.45) is 0 Å². The van der Waals surface area contributed by atoms with Gasteiger partial charge in [-0.05, 0) is 37.1 Å². The van der Waals surface area contributed by atoms with Gasteiger partial charge in [-0.3, -0.25) is 9.59 Å². The van der Waals surface area contributed by atoms with E-state index in [1.165, 1.54) is 13.3 Å². The number of carbonyl (C=O) groups is 3. The van der Waals surface area contributed by atoms with E-state index in [9.17, 15) is 19.5 Å². The highest BCUT2D eigenvalue weighted by Gasteiger charge is 2.25. The second-order valence-electron chi connectivity index (χ2n) is 5.20. The predicted molar refractivity (Wildman–Crippen MR) is 87.2 cm³/mol. The number of carboxylic acids is 1. The summed E-state index contributed by atoms with van der Waals surface area (Å²) >= 11 is 0. The van der Waals surface area contributed by atoms with Gasteiger partial charge in [-0.1, -0.05) is 5.21 Å². The van der Waals surface area contributed by atoms with E-state index in [1.54, 1.807) is 35.1 Å². The summed E-state index contributed by atoms with van der Waals surface area (Å²) in [7, 11) is 1.27. The molecule has 0 saturated carbocycles. The van der Waals surface area contributed by atoms with Crippen molar-refractivity contribution < 1.29 is 24.2 Å². The van der Waals surface area contributed by atoms with Gasteiger partial charge in [-0.2, -0.15) is 0 Å². The highest BCUT2D eigenvalue weighted by molar-refractivity contribution is 5.88. The Balaban J connectivity index is 2.12. The maximum absolute atomic E-state index is 11.5. The van der Waals surface area contributed by atoms with Crippen molar-refractivity contribution in [3.8, 4) is 5.69 Å². The molecule has 1 heterocycles. The average molecular weight is 346 g/mol. The summed E-state index contributed by atoms with van der Waals surface area (Å²) in [6.45, 7) is 0. The molecule has 9 nitrogen and oxygen atoms in total. The van der Waals surface area contributed by atoms with Crippen LogP contribution in [0.1, 0.15) is 19.3 Å². The molecule has 1 amide bonds. The molecule has 0 saturated heterocycles. The van der Waals surface area contributed by atoms with E-state index in [0.717, 1.165) is 10.6 Å². The van der Waals surface area contributed by atoms with Crippen LogP contribution in [0.3, 0.4) is 0 Å². The van der Waals surface area contributed by atoms with Crippen LogP contribution in [0.15, 0.2) is 36.7 Å². The lowest BCUT2D eigenvalue weighted by Crippen LogP contribution is -2.40. The van der Waals surface area contributed by atoms with Gasteiger partial charge in [0.15, 0.2) is 0 Å². The first-order chi connectivity index (χ1) is 12.1. The zero-order valence-corrected chi connectivity index (χ0v) is 13.6. The summed E-state index contributed by atoms with van der Waals surface area (Å²) < 4.78 is 6.07. The Kier molecular flexibility index (Phi) is 6.21. The van der Waals surface area contributed by atoms with Crippen molar-refractivity contribution in [3.63, 3.8) is 0 Å². The fourth-order valence-electron chi connectivity index (χ4n) is 2.36. The number of benzene rings is 1. The summed E-state index contributed by atoms with van der Waals surface area (Å²) in [5.41, 5.74) is 1.16. The summed E-state index contributed by atoms with van der Waals surface area (Å²) in [4.78, 5) is 35.3. The summed E-state index contributed by atoms with van der Waals surface area (Å²) in [6, 6.07) is 5.59. The van der Waals surface area contributed by atoms with Crippen molar-refractivity contribution in [3.05, 3.63) is 36.7 Å². The van der Waals surface area contributed by atoms with Crippen LogP contribution in [0.5, 0.6) is 0 Å². The van der Waals surface area contributed by atoms with Crippen LogP contribution in [0.25, 0.3) is 5.69 Å². The molecule has 1 atom stereocenters. The van der Waals surface area contributed by atoms with E-state index in [-0.39, 0.29) is 12.8 Å². The third-order valence-electron chi connectivity index (χ3n) is 3.66. The number of methoxy groups -OCH3 is 1. The molecule has 0 radical (unpaired) electrons. The molecule has 2 rings (SSSR count). The van der Waals surface area contributed by atoms with Crippen molar-refractivity contribution in [2.75, 3.05) is 12.0 Å². The Bertz CT molecular complexity index is 715. The van der Waals surface area contributed by atoms with Gasteiger partial charge >= 0.3 is 11.9 Å². The topological polar surface area (TPSA) is 115 Å². The number of ether oxygens (including phenoxy) is 1. The SMILES string of the molecule is COC(=O)CCC[C@@H](C(=O)O)N(C=O)c1ccc(-n2ccnn2)cc1. The molecule has 0 bridgehead atoms. The predicted octanol–water partition coefficient (Wildman–Crippen LogP) is 1.03. The Hall–Kier alpha value is -3.23. The van der Waals surface area contributed by atoms with Gasteiger partial charge in [0.1, 0.15) is 6.04 Å². The van der Waals surface area contributed by atoms with Crippen LogP contribution in [0.4, 0.5) is 5.69 Å². The molecule has 1 N–H and O–H groups in total. The van der Waals surface area contributed by atoms with E-state index in [1.807, 2.05) is 0 Å². The summed E-state index contributed by atoms with van der Waals surface area (Å²) in [5, 5.41) is 17.0. The van der Waals surface area contributed by atoms with E-state index < -0.39 is 18.0 Å². The molecule has 0 aliphatic heterocycles. The maximum atomic E-state index is 11.5. The third kappa shape index (κ3) is 4.63. The van der Waals surface area contributed by atoms with Gasteiger partial charge in [0.05, 0.1) is 25.2 Å². The molecule has 132 valence electrons. The minimum Gasteiger partial charge on any atom is -0.480 e. The molecule has 25 heavy (non-hydrogen) atoms. The number of esters is 1. The fraction of sp³-hybridized carbons (Fsp3) is 0.312. The fourth-order valence-corrected chi connectivity index (χ4v) is 2.36. The Morgan fingerprint density at radius 1 is 1.36 bits per heavy atom. The van der Waals surface area contributed by atoms with E-state index in [4.69, 9.17) is 0 Å². The molecule has 2 aromatic rings. The number of hydrogen-bond donors (Lipinski definition) is 1. The van der Waals surface area contributed by atoms with Gasteiger partial charge in [-0.25, -0.2) is 9.48 Å². The lowest BCUT2D eigenvalue weighted by Gasteiger charge is -2.25. The number of aliphatic carboxylic acids is 1. The van der Waals surface area contributed by atoms with Gasteiger partial charge in [0, 0.05) is 12.1 Å². The lowest BCUT2D eigenvalue weighted by atomic mass is 10.1. The van der Waals surface area contributed by atoms with Crippen LogP contribution in [0, 0.1) is 0 Å². The first-order valence-corrected chi connectivity index (χ1v) is 7.57. The van der Waals surface area contributed by atoms with Crippen LogP contribution in [0.2, 0.25) is 0 Å². The van der Waals surface area contributed by atoms with Gasteiger partial charge in [-0.15, -0.1) is 5.10 Å². The smallest absolute Gasteiger partial charge is 0.326 e. The number of rotatable bonds is 9. The van der Waals surface area contributed by atoms with Gasteiger partial charge in [0.2, 0.25) is 6.41 Å². The highest BCUT2D eigenvalue weighted by Crippen LogP contribution is 2.21. The van der Waals surface area contributed by atoms with Crippen LogP contribution in [-0.4, -0.2) is 51.6 Å². The molecule has 0 fully saturated rings. The number of amides is 1. The van der Waals surface area contributed by atoms with Crippen molar-refractivity contribution in [2.45, 2.75) is 25.3 Å². The van der Waals surface area contributed by atoms with Crippen molar-refractivity contribution in [1.82, 2.24) is 15.0 Å². The molecule has 9 heteroatoms. The lowest BCUT2D eigenvalue weighted by molar-refractivity contribution is -0.142. The Labute approximate surface area is 143 Å². The highest BCUT2D eigenvalue weighted by atomic mass is 16.5. The Morgan fingerprint density at radius 2 is 2.08 bits per heavy atom. The van der Waals surface area contributed by atoms with Gasteiger partial charge in [0.25, 0.3) is 0 Å². The third-order valence-corrected chi connectivity index (χ3v) is 3.66. The number of nitrogens with zero attached hydrogens (tertiary/aromatic N) is 4. The minimum atomic E-state index is -1.14. The zero-order valence-electron chi connectivity index (χ0n) is 13.6. The Morgan fingerprint density at radius 3 is 2.60 bits per heavy atom. The largest absolute Gasteiger partial charge is 0.480 e. The monoisotopic (exact) mass is 346 g/mol. The first kappa shape index (κ1) is 18.1. The van der Waals surface area contributed by atoms with Gasteiger partial charge < -0.3 is 14.7 Å². The first-order valence-electron chi connectivity index (χ1n) is 7.57. The summed E-state index contributed by atoms with van der Waals surface area (Å²) in [6.07, 6.45) is 4.20. The molecule has 1 aromatic heterocycles. The maximum Gasteiger partial charge on any atom is 0.326 e. The van der Waals surface area contributed by atoms with E-state index >= 15 is 0 Å². The number of aromatic nitrogens is 3. The summed E-state index contributed by atoms with van der Waals surface area (Å²) in [5.74, 6) is -1.56. The molecule has 0 unspecified atom stereocenters. The second kappa shape index (κ2) is 8.57. The van der Waals surface area contributed by atoms with Crippen LogP contribution < -0.4 is 4.90 Å². The normalized spacial score (nSPS) is 11.6.